The number of methoxy groups -OCH3 is 2. The highest BCUT2D eigenvalue weighted by molar-refractivity contribution is 5.85. The van der Waals surface area contributed by atoms with Crippen molar-refractivity contribution in [3.05, 3.63) is 23.3 Å². The lowest BCUT2D eigenvalue weighted by atomic mass is 9.86. The molecule has 1 aromatic rings. The molecule has 1 N–H and O–H groups in total. The van der Waals surface area contributed by atoms with Crippen LogP contribution in [0.25, 0.3) is 0 Å². The largest absolute Gasteiger partial charge is 0.493 e. The van der Waals surface area contributed by atoms with Crippen molar-refractivity contribution in [2.45, 2.75) is 64.3 Å². The summed E-state index contributed by atoms with van der Waals surface area (Å²) in [5.41, 5.74) is 2.66. The fourth-order valence-electron chi connectivity index (χ4n) is 4.01. The molecule has 2 rings (SSSR count). The van der Waals surface area contributed by atoms with Crippen molar-refractivity contribution in [2.75, 3.05) is 27.3 Å². The average molecular weight is 400 g/mol. The molecule has 27 heavy (non-hydrogen) atoms. The van der Waals surface area contributed by atoms with Crippen LogP contribution in [0, 0.1) is 0 Å². The van der Waals surface area contributed by atoms with Crippen LogP contribution in [0.4, 0.5) is 0 Å². The van der Waals surface area contributed by atoms with Gasteiger partial charge >= 0.3 is 5.97 Å². The van der Waals surface area contributed by atoms with Crippen LogP contribution in [0.1, 0.15) is 56.6 Å². The van der Waals surface area contributed by atoms with Gasteiger partial charge in [-0.3, -0.25) is 4.79 Å². The van der Waals surface area contributed by atoms with Crippen LogP contribution in [-0.2, 0) is 17.6 Å². The first-order valence-electron chi connectivity index (χ1n) is 9.79. The van der Waals surface area contributed by atoms with E-state index in [4.69, 9.17) is 14.6 Å². The molecule has 5 nitrogen and oxygen atoms in total. The quantitative estimate of drug-likeness (QED) is 0.561. The Hall–Kier alpha value is -1.46. The van der Waals surface area contributed by atoms with Crippen molar-refractivity contribution in [3.63, 3.8) is 0 Å². The molecule has 1 unspecified atom stereocenters. The fraction of sp³-hybridized carbons (Fsp3) is 0.667. The molecule has 0 heterocycles. The van der Waals surface area contributed by atoms with Crippen LogP contribution in [0.2, 0.25) is 0 Å². The zero-order valence-electron chi connectivity index (χ0n) is 16.8. The third-order valence-corrected chi connectivity index (χ3v) is 5.29. The molecule has 154 valence electrons. The molecular formula is C21H34ClNO4. The molecule has 1 atom stereocenters. The lowest BCUT2D eigenvalue weighted by Crippen LogP contribution is -2.40. The van der Waals surface area contributed by atoms with Crippen molar-refractivity contribution in [3.8, 4) is 11.5 Å². The van der Waals surface area contributed by atoms with E-state index in [1.165, 1.54) is 11.1 Å². The number of fused-ring (bicyclic) bond motifs is 1. The van der Waals surface area contributed by atoms with Gasteiger partial charge in [-0.15, -0.1) is 12.4 Å². The Morgan fingerprint density at radius 2 is 1.96 bits per heavy atom. The van der Waals surface area contributed by atoms with Crippen LogP contribution in [-0.4, -0.2) is 49.3 Å². The van der Waals surface area contributed by atoms with Crippen LogP contribution >= 0.6 is 12.4 Å². The molecule has 0 saturated heterocycles. The Morgan fingerprint density at radius 3 is 2.59 bits per heavy atom. The van der Waals surface area contributed by atoms with Gasteiger partial charge in [0.25, 0.3) is 0 Å². The second-order valence-electron chi connectivity index (χ2n) is 7.08. The zero-order chi connectivity index (χ0) is 18.9. The van der Waals surface area contributed by atoms with E-state index in [0.717, 1.165) is 69.5 Å². The number of carboxylic acids is 1. The van der Waals surface area contributed by atoms with Crippen molar-refractivity contribution >= 4 is 18.4 Å². The van der Waals surface area contributed by atoms with Gasteiger partial charge in [-0.25, -0.2) is 0 Å². The molecule has 0 amide bonds. The minimum absolute atomic E-state index is 0. The summed E-state index contributed by atoms with van der Waals surface area (Å²) < 4.78 is 11.0. The van der Waals surface area contributed by atoms with Gasteiger partial charge in [0.15, 0.2) is 11.5 Å². The highest BCUT2D eigenvalue weighted by Crippen LogP contribution is 2.38. The monoisotopic (exact) mass is 399 g/mol. The summed E-state index contributed by atoms with van der Waals surface area (Å²) in [4.78, 5) is 13.2. The summed E-state index contributed by atoms with van der Waals surface area (Å²) in [6, 6.07) is 4.75. The highest BCUT2D eigenvalue weighted by Gasteiger charge is 2.26. The lowest BCUT2D eigenvalue weighted by Gasteiger charge is -2.36. The Labute approximate surface area is 169 Å². The minimum atomic E-state index is -0.691. The number of aliphatic carboxylic acids is 1. The van der Waals surface area contributed by atoms with E-state index >= 15 is 0 Å². The number of rotatable bonds is 11. The van der Waals surface area contributed by atoms with Gasteiger partial charge in [-0.05, 0) is 63.2 Å². The second kappa shape index (κ2) is 12.1. The maximum Gasteiger partial charge on any atom is 0.303 e. The maximum atomic E-state index is 10.6. The number of hydrogen-bond acceptors (Lipinski definition) is 4. The molecular weight excluding hydrogens is 366 g/mol. The number of hydrogen-bond donors (Lipinski definition) is 1. The number of benzene rings is 1. The van der Waals surface area contributed by atoms with Crippen LogP contribution < -0.4 is 9.47 Å². The van der Waals surface area contributed by atoms with Crippen molar-refractivity contribution in [1.29, 1.82) is 0 Å². The van der Waals surface area contributed by atoms with Crippen LogP contribution in [0.3, 0.4) is 0 Å². The van der Waals surface area contributed by atoms with Crippen molar-refractivity contribution in [2.24, 2.45) is 0 Å². The molecule has 0 aliphatic heterocycles. The first-order valence-corrected chi connectivity index (χ1v) is 9.79. The average Bonchev–Trinajstić information content (AvgIpc) is 2.65. The molecule has 0 saturated carbocycles. The molecule has 0 radical (unpaired) electrons. The van der Waals surface area contributed by atoms with Gasteiger partial charge in [0, 0.05) is 18.0 Å². The summed E-state index contributed by atoms with van der Waals surface area (Å²) >= 11 is 0. The molecule has 1 aliphatic carbocycles. The number of ether oxygens (including phenoxy) is 2. The Morgan fingerprint density at radius 1 is 1.19 bits per heavy atom. The maximum absolute atomic E-state index is 10.6. The van der Waals surface area contributed by atoms with Gasteiger partial charge in [0.1, 0.15) is 0 Å². The zero-order valence-corrected chi connectivity index (χ0v) is 17.6. The standard InChI is InChI=1S/C21H33NO4.ClH/c1-4-13-22(14-7-5-6-8-20(23)24)17-10-11-18-16(15-17)9-12-19(25-2)21(18)26-3;/h9,12,17H,4-8,10-11,13-15H2,1-3H3,(H,23,24);1H. The van der Waals surface area contributed by atoms with E-state index in [-0.39, 0.29) is 18.8 Å². The molecule has 1 aliphatic rings. The molecule has 0 bridgehead atoms. The number of nitrogens with zero attached hydrogens (tertiary/aromatic N) is 1. The van der Waals surface area contributed by atoms with Gasteiger partial charge in [-0.2, -0.15) is 0 Å². The van der Waals surface area contributed by atoms with Gasteiger partial charge in [0.2, 0.25) is 0 Å². The van der Waals surface area contributed by atoms with Gasteiger partial charge in [-0.1, -0.05) is 19.4 Å². The molecule has 0 spiro atoms. The Kier molecular flexibility index (Phi) is 10.6. The number of carboxylic acid groups (broad SMARTS) is 1. The molecule has 0 aromatic heterocycles. The fourth-order valence-corrected chi connectivity index (χ4v) is 4.01. The van der Waals surface area contributed by atoms with Crippen molar-refractivity contribution < 1.29 is 19.4 Å². The van der Waals surface area contributed by atoms with Crippen LogP contribution in [0.5, 0.6) is 11.5 Å². The van der Waals surface area contributed by atoms with Crippen molar-refractivity contribution in [1.82, 2.24) is 4.90 Å². The number of halogens is 1. The second-order valence-corrected chi connectivity index (χ2v) is 7.08. The summed E-state index contributed by atoms with van der Waals surface area (Å²) in [6.07, 6.45) is 7.45. The predicted octanol–water partition coefficient (Wildman–Crippen LogP) is 4.34. The summed E-state index contributed by atoms with van der Waals surface area (Å²) in [6.45, 7) is 4.38. The topological polar surface area (TPSA) is 59.0 Å². The smallest absolute Gasteiger partial charge is 0.303 e. The summed E-state index contributed by atoms with van der Waals surface area (Å²) in [5.74, 6) is 1.01. The lowest BCUT2D eigenvalue weighted by molar-refractivity contribution is -0.137. The summed E-state index contributed by atoms with van der Waals surface area (Å²) in [5, 5.41) is 8.75. The van der Waals surface area contributed by atoms with Gasteiger partial charge < -0.3 is 19.5 Å². The van der Waals surface area contributed by atoms with E-state index in [9.17, 15) is 4.79 Å². The van der Waals surface area contributed by atoms with E-state index in [1.807, 2.05) is 6.07 Å². The van der Waals surface area contributed by atoms with E-state index in [0.29, 0.717) is 6.04 Å². The van der Waals surface area contributed by atoms with E-state index in [1.54, 1.807) is 14.2 Å². The van der Waals surface area contributed by atoms with Crippen LogP contribution in [0.15, 0.2) is 12.1 Å². The molecule has 1 aromatic carbocycles. The molecule has 6 heteroatoms. The Bertz CT molecular complexity index is 594. The molecule has 0 fully saturated rings. The number of carbonyl (C=O) groups is 1. The van der Waals surface area contributed by atoms with E-state index in [2.05, 4.69) is 17.9 Å². The summed E-state index contributed by atoms with van der Waals surface area (Å²) in [7, 11) is 3.40. The minimum Gasteiger partial charge on any atom is -0.493 e. The Balaban J connectivity index is 0.00000364. The predicted molar refractivity (Wildman–Crippen MR) is 111 cm³/mol. The van der Waals surface area contributed by atoms with Gasteiger partial charge in [0.05, 0.1) is 14.2 Å². The normalized spacial score (nSPS) is 15.8. The third-order valence-electron chi connectivity index (χ3n) is 5.29. The SMILES string of the molecule is CCCN(CCCCCC(=O)O)C1CCc2c(ccc(OC)c2OC)C1.Cl. The van der Waals surface area contributed by atoms with E-state index < -0.39 is 5.97 Å². The first-order chi connectivity index (χ1) is 12.6. The number of unbranched alkanes of at least 4 members (excludes halogenated alkanes) is 2. The highest BCUT2D eigenvalue weighted by atomic mass is 35.5. The first kappa shape index (κ1) is 23.6. The third kappa shape index (κ3) is 6.58.